The minimum Gasteiger partial charge on any atom is -0.457 e. The number of rotatable bonds is 41. The zero-order valence-corrected chi connectivity index (χ0v) is 35.9. The third-order valence-electron chi connectivity index (χ3n) is 9.40. The van der Waals surface area contributed by atoms with Gasteiger partial charge in [-0.3, -0.25) is 4.79 Å². The van der Waals surface area contributed by atoms with E-state index >= 15 is 0 Å². The van der Waals surface area contributed by atoms with Gasteiger partial charge in [-0.15, -0.1) is 0 Å². The summed E-state index contributed by atoms with van der Waals surface area (Å²) in [6, 6.07) is 0. The van der Waals surface area contributed by atoms with Crippen molar-refractivity contribution < 1.29 is 19.4 Å². The van der Waals surface area contributed by atoms with E-state index in [1.165, 1.54) is 83.5 Å². The summed E-state index contributed by atoms with van der Waals surface area (Å²) in [7, 11) is 0. The average molecular weight is 763 g/mol. The molecule has 0 aromatic rings. The number of unbranched alkanes of at least 4 members (excludes halogenated alkanes) is 17. The van der Waals surface area contributed by atoms with Crippen molar-refractivity contribution in [2.24, 2.45) is 0 Å². The Morgan fingerprint density at radius 3 is 1.15 bits per heavy atom. The van der Waals surface area contributed by atoms with Crippen LogP contribution in [0.15, 0.2) is 97.2 Å². The first kappa shape index (κ1) is 52.3. The summed E-state index contributed by atoms with van der Waals surface area (Å²) in [6.07, 6.45) is 67.7. The summed E-state index contributed by atoms with van der Waals surface area (Å²) in [5, 5.41) is 9.62. The number of allylic oxidation sites excluding steroid dienone is 16. The highest BCUT2D eigenvalue weighted by atomic mass is 16.6. The molecule has 0 aromatic heterocycles. The molecule has 0 amide bonds. The van der Waals surface area contributed by atoms with Gasteiger partial charge in [-0.25, -0.2) is 0 Å². The second-order valence-corrected chi connectivity index (χ2v) is 14.7. The predicted molar refractivity (Wildman–Crippen MR) is 242 cm³/mol. The Hall–Kier alpha value is -2.69. The Balaban J connectivity index is 3.47. The van der Waals surface area contributed by atoms with Crippen molar-refractivity contribution >= 4 is 5.97 Å². The minimum absolute atomic E-state index is 0.187. The molecule has 0 aliphatic rings. The number of hydrogen-bond acceptors (Lipinski definition) is 4. The Kier molecular flexibility index (Phi) is 45.1. The van der Waals surface area contributed by atoms with E-state index in [4.69, 9.17) is 9.47 Å². The van der Waals surface area contributed by atoms with Crippen LogP contribution in [-0.4, -0.2) is 37.0 Å². The van der Waals surface area contributed by atoms with E-state index in [0.717, 1.165) is 89.9 Å². The summed E-state index contributed by atoms with van der Waals surface area (Å²) in [5.74, 6) is -0.227. The fraction of sp³-hybridized carbons (Fsp3) is 0.667. The topological polar surface area (TPSA) is 55.8 Å². The van der Waals surface area contributed by atoms with Crippen molar-refractivity contribution in [3.05, 3.63) is 97.2 Å². The van der Waals surface area contributed by atoms with Gasteiger partial charge in [0.05, 0.1) is 13.2 Å². The summed E-state index contributed by atoms with van der Waals surface area (Å²) in [6.45, 7) is 5.08. The van der Waals surface area contributed by atoms with Crippen LogP contribution in [-0.2, 0) is 14.3 Å². The van der Waals surface area contributed by atoms with Crippen molar-refractivity contribution in [1.82, 2.24) is 0 Å². The molecule has 314 valence electrons. The highest BCUT2D eigenvalue weighted by Gasteiger charge is 2.13. The SMILES string of the molecule is CC/C=C\C/C=C\C/C=C\C/C=C\CCCCCCCCCCCCCCCOCC(CO)OC(=O)CCCCCC/C=C\C/C=C\C/C=C\C/C=C\CC. The van der Waals surface area contributed by atoms with Gasteiger partial charge in [0.2, 0.25) is 0 Å². The van der Waals surface area contributed by atoms with Crippen LogP contribution in [0.2, 0.25) is 0 Å². The van der Waals surface area contributed by atoms with Gasteiger partial charge in [0.25, 0.3) is 0 Å². The van der Waals surface area contributed by atoms with Crippen LogP contribution in [0.3, 0.4) is 0 Å². The van der Waals surface area contributed by atoms with Gasteiger partial charge in [0.15, 0.2) is 0 Å². The Morgan fingerprint density at radius 1 is 0.436 bits per heavy atom. The molecule has 0 bridgehead atoms. The molecule has 1 N–H and O–H groups in total. The zero-order valence-electron chi connectivity index (χ0n) is 35.9. The number of carbonyl (C=O) groups excluding carboxylic acids is 1. The largest absolute Gasteiger partial charge is 0.457 e. The normalized spacial score (nSPS) is 13.3. The van der Waals surface area contributed by atoms with Crippen LogP contribution in [0, 0.1) is 0 Å². The molecule has 0 aromatic carbocycles. The standard InChI is InChI=1S/C51H86O4/c1-3-5-7-9-11-13-15-17-19-21-22-23-24-25-26-27-28-29-31-33-35-37-39-41-43-45-47-54-49-50(48-52)55-51(53)46-44-42-40-38-36-34-32-30-20-18-16-14-12-10-8-6-4-2/h5-8,11-14,17-20,22-23,32,34,50,52H,3-4,9-10,15-16,21,24-31,33,35-49H2,1-2H3/b7-5-,8-6-,13-11-,14-12-,19-17-,20-18-,23-22-,34-32-. The van der Waals surface area contributed by atoms with Crippen LogP contribution in [0.5, 0.6) is 0 Å². The Bertz CT molecular complexity index is 1030. The summed E-state index contributed by atoms with van der Waals surface area (Å²) >= 11 is 0. The third-order valence-corrected chi connectivity index (χ3v) is 9.40. The van der Waals surface area contributed by atoms with E-state index in [1.807, 2.05) is 0 Å². The number of aliphatic hydroxyl groups is 1. The maximum Gasteiger partial charge on any atom is 0.306 e. The number of carbonyl (C=O) groups is 1. The molecule has 0 spiro atoms. The van der Waals surface area contributed by atoms with Crippen molar-refractivity contribution in [2.45, 2.75) is 200 Å². The Labute approximate surface area is 341 Å². The molecule has 0 fully saturated rings. The van der Waals surface area contributed by atoms with Gasteiger partial charge in [-0.05, 0) is 89.9 Å². The van der Waals surface area contributed by atoms with E-state index in [-0.39, 0.29) is 19.2 Å². The van der Waals surface area contributed by atoms with E-state index in [9.17, 15) is 9.90 Å². The third kappa shape index (κ3) is 45.6. The molecule has 0 aliphatic heterocycles. The van der Waals surface area contributed by atoms with Crippen LogP contribution < -0.4 is 0 Å². The van der Waals surface area contributed by atoms with Crippen molar-refractivity contribution in [3.8, 4) is 0 Å². The van der Waals surface area contributed by atoms with Crippen LogP contribution in [0.25, 0.3) is 0 Å². The fourth-order valence-electron chi connectivity index (χ4n) is 6.07. The highest BCUT2D eigenvalue weighted by Crippen LogP contribution is 2.14. The minimum atomic E-state index is -0.554. The first-order chi connectivity index (χ1) is 27.2. The highest BCUT2D eigenvalue weighted by molar-refractivity contribution is 5.69. The van der Waals surface area contributed by atoms with Gasteiger partial charge < -0.3 is 14.6 Å². The lowest BCUT2D eigenvalue weighted by Crippen LogP contribution is -2.27. The first-order valence-corrected chi connectivity index (χ1v) is 22.8. The van der Waals surface area contributed by atoms with Crippen molar-refractivity contribution in [3.63, 3.8) is 0 Å². The van der Waals surface area contributed by atoms with Crippen molar-refractivity contribution in [2.75, 3.05) is 19.8 Å². The second kappa shape index (κ2) is 47.5. The molecular weight excluding hydrogens is 677 g/mol. The molecule has 0 heterocycles. The lowest BCUT2D eigenvalue weighted by atomic mass is 10.0. The van der Waals surface area contributed by atoms with E-state index in [1.54, 1.807) is 0 Å². The molecule has 0 radical (unpaired) electrons. The fourth-order valence-corrected chi connectivity index (χ4v) is 6.07. The van der Waals surface area contributed by atoms with Crippen LogP contribution in [0.4, 0.5) is 0 Å². The molecule has 1 atom stereocenters. The molecule has 1 unspecified atom stereocenters. The second-order valence-electron chi connectivity index (χ2n) is 14.7. The quantitative estimate of drug-likeness (QED) is 0.0383. The first-order valence-electron chi connectivity index (χ1n) is 22.8. The van der Waals surface area contributed by atoms with Crippen LogP contribution in [0.1, 0.15) is 194 Å². The summed E-state index contributed by atoms with van der Waals surface area (Å²) in [5.41, 5.74) is 0. The predicted octanol–water partition coefficient (Wildman–Crippen LogP) is 15.3. The summed E-state index contributed by atoms with van der Waals surface area (Å²) < 4.78 is 11.2. The monoisotopic (exact) mass is 763 g/mol. The molecule has 0 saturated heterocycles. The molecular formula is C51H86O4. The average Bonchev–Trinajstić information content (AvgIpc) is 3.19. The number of aliphatic hydroxyl groups excluding tert-OH is 1. The molecule has 0 saturated carbocycles. The van der Waals surface area contributed by atoms with Crippen LogP contribution >= 0.6 is 0 Å². The maximum absolute atomic E-state index is 12.2. The van der Waals surface area contributed by atoms with E-state index < -0.39 is 6.10 Å². The number of ether oxygens (including phenoxy) is 2. The van der Waals surface area contributed by atoms with Gasteiger partial charge in [-0.2, -0.15) is 0 Å². The number of hydrogen-bond donors (Lipinski definition) is 1. The lowest BCUT2D eigenvalue weighted by molar-refractivity contribution is -0.154. The lowest BCUT2D eigenvalue weighted by Gasteiger charge is -2.15. The molecule has 0 aliphatic carbocycles. The van der Waals surface area contributed by atoms with E-state index in [2.05, 4.69) is 111 Å². The zero-order chi connectivity index (χ0) is 39.8. The van der Waals surface area contributed by atoms with E-state index in [0.29, 0.717) is 13.0 Å². The molecule has 4 heteroatoms. The Morgan fingerprint density at radius 2 is 0.764 bits per heavy atom. The molecule has 55 heavy (non-hydrogen) atoms. The van der Waals surface area contributed by atoms with Gasteiger partial charge in [0, 0.05) is 13.0 Å². The molecule has 0 rings (SSSR count). The maximum atomic E-state index is 12.2. The van der Waals surface area contributed by atoms with Crippen molar-refractivity contribution in [1.29, 1.82) is 0 Å². The smallest absolute Gasteiger partial charge is 0.306 e. The van der Waals surface area contributed by atoms with Gasteiger partial charge in [-0.1, -0.05) is 195 Å². The summed E-state index contributed by atoms with van der Waals surface area (Å²) in [4.78, 5) is 12.2. The molecule has 4 nitrogen and oxygen atoms in total. The number of esters is 1. The van der Waals surface area contributed by atoms with Gasteiger partial charge >= 0.3 is 5.97 Å². The van der Waals surface area contributed by atoms with Gasteiger partial charge in [0.1, 0.15) is 6.10 Å².